The number of amides is 1. The molecule has 1 aliphatic heterocycles. The van der Waals surface area contributed by atoms with Crippen LogP contribution in [0.25, 0.3) is 11.3 Å². The van der Waals surface area contributed by atoms with Crippen LogP contribution in [0.1, 0.15) is 37.2 Å². The molecule has 0 aliphatic carbocycles. The van der Waals surface area contributed by atoms with Gasteiger partial charge in [0.1, 0.15) is 11.3 Å². The monoisotopic (exact) mass is 361 g/mol. The molecule has 2 aromatic rings. The average Bonchev–Trinajstić information content (AvgIpc) is 3.23. The summed E-state index contributed by atoms with van der Waals surface area (Å²) in [5, 5.41) is 0.549. The summed E-state index contributed by atoms with van der Waals surface area (Å²) in [5.41, 5.74) is -0.234. The Morgan fingerprint density at radius 2 is 2.04 bits per heavy atom. The van der Waals surface area contributed by atoms with E-state index in [1.165, 1.54) is 0 Å². The van der Waals surface area contributed by atoms with Crippen LogP contribution in [0.2, 0.25) is 5.02 Å². The number of benzene rings is 1. The van der Waals surface area contributed by atoms with Gasteiger partial charge in [-0.2, -0.15) is 0 Å². The molecule has 25 heavy (non-hydrogen) atoms. The first-order valence-corrected chi connectivity index (χ1v) is 8.69. The molecule has 1 aromatic heterocycles. The van der Waals surface area contributed by atoms with Gasteiger partial charge in [-0.3, -0.25) is 4.79 Å². The van der Waals surface area contributed by atoms with Crippen molar-refractivity contribution in [3.05, 3.63) is 47.2 Å². The second-order valence-corrected chi connectivity index (χ2v) is 6.61. The lowest BCUT2D eigenvalue weighted by molar-refractivity contribution is -0.153. The lowest BCUT2D eigenvalue weighted by atomic mass is 9.99. The fraction of sp³-hybridized carbons (Fsp3) is 0.368. The molecule has 0 bridgehead atoms. The Labute approximate surface area is 151 Å². The van der Waals surface area contributed by atoms with Crippen molar-refractivity contribution in [3.63, 3.8) is 0 Å². The Balaban J connectivity index is 1.86. The molecule has 6 heteroatoms. The molecule has 1 atom stereocenters. The zero-order valence-electron chi connectivity index (χ0n) is 14.3. The van der Waals surface area contributed by atoms with E-state index >= 15 is 0 Å². The zero-order chi connectivity index (χ0) is 18.0. The summed E-state index contributed by atoms with van der Waals surface area (Å²) in [6.07, 6.45) is 1.33. The van der Waals surface area contributed by atoms with E-state index in [0.717, 1.165) is 12.0 Å². The number of hydrogen-bond acceptors (Lipinski definition) is 4. The maximum Gasteiger partial charge on any atom is 0.331 e. The van der Waals surface area contributed by atoms with Crippen LogP contribution in [0.4, 0.5) is 0 Å². The van der Waals surface area contributed by atoms with Gasteiger partial charge in [-0.25, -0.2) is 4.79 Å². The van der Waals surface area contributed by atoms with Gasteiger partial charge < -0.3 is 14.1 Å². The predicted octanol–water partition coefficient (Wildman–Crippen LogP) is 4.16. The van der Waals surface area contributed by atoms with Crippen LogP contribution in [0, 0.1) is 0 Å². The molecule has 3 rings (SSSR count). The van der Waals surface area contributed by atoms with Crippen molar-refractivity contribution >= 4 is 23.5 Å². The number of ether oxygens (including phenoxy) is 1. The van der Waals surface area contributed by atoms with Crippen molar-refractivity contribution in [1.82, 2.24) is 4.90 Å². The minimum Gasteiger partial charge on any atom is -0.464 e. The maximum absolute atomic E-state index is 12.9. The highest BCUT2D eigenvalue weighted by molar-refractivity contribution is 6.33. The molecule has 0 N–H and O–H groups in total. The van der Waals surface area contributed by atoms with E-state index < -0.39 is 5.54 Å². The summed E-state index contributed by atoms with van der Waals surface area (Å²) in [6.45, 7) is 4.28. The van der Waals surface area contributed by atoms with Crippen LogP contribution in [0.5, 0.6) is 0 Å². The van der Waals surface area contributed by atoms with E-state index in [2.05, 4.69) is 0 Å². The summed E-state index contributed by atoms with van der Waals surface area (Å²) in [4.78, 5) is 26.8. The van der Waals surface area contributed by atoms with Crippen molar-refractivity contribution < 1.29 is 18.7 Å². The SMILES string of the molecule is CCOC(=O)[C@]1(C)CCCN1C(=O)c1ccc(-c2ccccc2Cl)o1. The third kappa shape index (κ3) is 3.16. The number of esters is 1. The molecular formula is C19H20ClNO4. The highest BCUT2D eigenvalue weighted by Crippen LogP contribution is 2.34. The molecule has 0 spiro atoms. The quantitative estimate of drug-likeness (QED) is 0.767. The van der Waals surface area contributed by atoms with Gasteiger partial charge in [0.05, 0.1) is 11.6 Å². The van der Waals surface area contributed by atoms with Crippen LogP contribution in [0.15, 0.2) is 40.8 Å². The van der Waals surface area contributed by atoms with E-state index in [1.807, 2.05) is 18.2 Å². The van der Waals surface area contributed by atoms with Crippen LogP contribution in [-0.2, 0) is 9.53 Å². The Morgan fingerprint density at radius 1 is 1.28 bits per heavy atom. The minimum atomic E-state index is -0.954. The van der Waals surface area contributed by atoms with Gasteiger partial charge in [0, 0.05) is 12.1 Å². The molecule has 132 valence electrons. The third-order valence-electron chi connectivity index (χ3n) is 4.56. The lowest BCUT2D eigenvalue weighted by Gasteiger charge is -2.32. The summed E-state index contributed by atoms with van der Waals surface area (Å²) < 4.78 is 10.9. The lowest BCUT2D eigenvalue weighted by Crippen LogP contribution is -2.51. The normalized spacial score (nSPS) is 19.9. The van der Waals surface area contributed by atoms with E-state index in [-0.39, 0.29) is 24.2 Å². The molecule has 5 nitrogen and oxygen atoms in total. The van der Waals surface area contributed by atoms with Crippen LogP contribution in [-0.4, -0.2) is 35.5 Å². The first-order chi connectivity index (χ1) is 12.0. The number of hydrogen-bond donors (Lipinski definition) is 0. The third-order valence-corrected chi connectivity index (χ3v) is 4.89. The number of nitrogens with zero attached hydrogens (tertiary/aromatic N) is 1. The van der Waals surface area contributed by atoms with Crippen LogP contribution in [0.3, 0.4) is 0 Å². The molecule has 0 radical (unpaired) electrons. The first kappa shape index (κ1) is 17.5. The number of carbonyl (C=O) groups excluding carboxylic acids is 2. The first-order valence-electron chi connectivity index (χ1n) is 8.31. The van der Waals surface area contributed by atoms with E-state index in [4.69, 9.17) is 20.8 Å². The summed E-state index contributed by atoms with van der Waals surface area (Å²) in [6, 6.07) is 10.6. The Hall–Kier alpha value is -2.27. The minimum absolute atomic E-state index is 0.187. The van der Waals surface area contributed by atoms with Gasteiger partial charge >= 0.3 is 5.97 Å². The van der Waals surface area contributed by atoms with E-state index in [9.17, 15) is 9.59 Å². The molecule has 1 aromatic carbocycles. The van der Waals surface area contributed by atoms with Gasteiger partial charge in [-0.15, -0.1) is 0 Å². The Morgan fingerprint density at radius 3 is 2.76 bits per heavy atom. The van der Waals surface area contributed by atoms with Gasteiger partial charge in [0.2, 0.25) is 0 Å². The molecule has 1 aliphatic rings. The Kier molecular flexibility index (Phi) is 4.86. The molecule has 1 amide bonds. The highest BCUT2D eigenvalue weighted by Gasteiger charge is 2.47. The van der Waals surface area contributed by atoms with Gasteiger partial charge in [0.25, 0.3) is 5.91 Å². The van der Waals surface area contributed by atoms with Crippen molar-refractivity contribution in [3.8, 4) is 11.3 Å². The zero-order valence-corrected chi connectivity index (χ0v) is 15.0. The smallest absolute Gasteiger partial charge is 0.331 e. The van der Waals surface area contributed by atoms with Gasteiger partial charge in [0.15, 0.2) is 5.76 Å². The number of likely N-dealkylation sites (tertiary alicyclic amines) is 1. The van der Waals surface area contributed by atoms with Crippen molar-refractivity contribution in [1.29, 1.82) is 0 Å². The maximum atomic E-state index is 12.9. The summed E-state index contributed by atoms with van der Waals surface area (Å²) >= 11 is 6.18. The predicted molar refractivity (Wildman–Crippen MR) is 94.5 cm³/mol. The van der Waals surface area contributed by atoms with Crippen molar-refractivity contribution in [2.75, 3.05) is 13.2 Å². The van der Waals surface area contributed by atoms with Crippen molar-refractivity contribution in [2.45, 2.75) is 32.2 Å². The topological polar surface area (TPSA) is 59.8 Å². The fourth-order valence-corrected chi connectivity index (χ4v) is 3.41. The average molecular weight is 362 g/mol. The summed E-state index contributed by atoms with van der Waals surface area (Å²) in [5.74, 6) is 0.0171. The Bertz CT molecular complexity index is 800. The van der Waals surface area contributed by atoms with E-state index in [0.29, 0.717) is 23.7 Å². The largest absolute Gasteiger partial charge is 0.464 e. The second kappa shape index (κ2) is 6.92. The molecule has 2 heterocycles. The summed E-state index contributed by atoms with van der Waals surface area (Å²) in [7, 11) is 0. The molecular weight excluding hydrogens is 342 g/mol. The van der Waals surface area contributed by atoms with E-state index in [1.54, 1.807) is 36.9 Å². The molecule has 0 unspecified atom stereocenters. The van der Waals surface area contributed by atoms with Crippen molar-refractivity contribution in [2.24, 2.45) is 0 Å². The van der Waals surface area contributed by atoms with Crippen LogP contribution >= 0.6 is 11.6 Å². The number of rotatable bonds is 4. The molecule has 1 fully saturated rings. The van der Waals surface area contributed by atoms with Gasteiger partial charge in [-0.1, -0.05) is 23.7 Å². The standard InChI is InChI=1S/C19H20ClNO4/c1-3-24-18(23)19(2)11-6-12-21(19)17(22)16-10-9-15(25-16)13-7-4-5-8-14(13)20/h4-5,7-10H,3,6,11-12H2,1-2H3/t19-/m0/s1. The van der Waals surface area contributed by atoms with Crippen LogP contribution < -0.4 is 0 Å². The number of carbonyl (C=O) groups is 2. The molecule has 0 saturated carbocycles. The fourth-order valence-electron chi connectivity index (χ4n) is 3.18. The second-order valence-electron chi connectivity index (χ2n) is 6.20. The van der Waals surface area contributed by atoms with Gasteiger partial charge in [-0.05, 0) is 51.0 Å². The number of furan rings is 1. The molecule has 1 saturated heterocycles. The number of halogens is 1. The highest BCUT2D eigenvalue weighted by atomic mass is 35.5.